The number of benzene rings is 2. The Kier molecular flexibility index (Phi) is 8.11. The normalized spacial score (nSPS) is 14.8. The molecule has 0 saturated carbocycles. The van der Waals surface area contributed by atoms with Gasteiger partial charge in [-0.15, -0.1) is 0 Å². The Morgan fingerprint density at radius 1 is 1.08 bits per heavy atom. The van der Waals surface area contributed by atoms with E-state index in [1.165, 1.54) is 5.56 Å². The molecule has 3 N–H and O–H groups in total. The van der Waals surface area contributed by atoms with E-state index in [0.717, 1.165) is 85.5 Å². The molecule has 2 aromatic carbocycles. The molecule has 1 aliphatic rings. The number of primary amides is 1. The highest BCUT2D eigenvalue weighted by molar-refractivity contribution is 5.98. The molecule has 38 heavy (non-hydrogen) atoms. The van der Waals surface area contributed by atoms with Crippen LogP contribution < -0.4 is 11.1 Å². The average Bonchev–Trinajstić information content (AvgIpc) is 3.54. The number of carbonyl (C=O) groups excluding carboxylic acids is 1. The van der Waals surface area contributed by atoms with Crippen molar-refractivity contribution >= 4 is 22.4 Å². The number of hydrogen-bond donors (Lipinski definition) is 2. The highest BCUT2D eigenvalue weighted by Gasteiger charge is 2.20. The summed E-state index contributed by atoms with van der Waals surface area (Å²) in [5.41, 5.74) is 10.6. The zero-order valence-electron chi connectivity index (χ0n) is 22.2. The third-order valence-electron chi connectivity index (χ3n) is 7.49. The zero-order chi connectivity index (χ0) is 26.5. The van der Waals surface area contributed by atoms with E-state index in [0.29, 0.717) is 18.0 Å². The van der Waals surface area contributed by atoms with Crippen LogP contribution in [0.15, 0.2) is 76.1 Å². The number of amides is 1. The van der Waals surface area contributed by atoms with E-state index >= 15 is 0 Å². The lowest BCUT2D eigenvalue weighted by Crippen LogP contribution is -2.41. The number of carbonyl (C=O) groups is 1. The van der Waals surface area contributed by atoms with Gasteiger partial charge in [0.1, 0.15) is 17.1 Å². The van der Waals surface area contributed by atoms with Crippen molar-refractivity contribution in [2.45, 2.75) is 58.2 Å². The molecule has 6 heteroatoms. The second-order valence-electron chi connectivity index (χ2n) is 10.4. The summed E-state index contributed by atoms with van der Waals surface area (Å²) in [5, 5.41) is 4.63. The number of piperidine rings is 1. The molecule has 0 unspecified atom stereocenters. The highest BCUT2D eigenvalue weighted by atomic mass is 16.3. The molecule has 1 saturated heterocycles. The molecule has 0 atom stereocenters. The first-order chi connectivity index (χ1) is 18.5. The first-order valence-electron chi connectivity index (χ1n) is 13.5. The third-order valence-corrected chi connectivity index (χ3v) is 7.49. The molecule has 0 bridgehead atoms. The van der Waals surface area contributed by atoms with Crippen molar-refractivity contribution in [2.75, 3.05) is 13.1 Å². The van der Waals surface area contributed by atoms with E-state index in [2.05, 4.69) is 47.1 Å². The second-order valence-corrected chi connectivity index (χ2v) is 10.4. The van der Waals surface area contributed by atoms with Crippen LogP contribution in [-0.4, -0.2) is 29.9 Å². The summed E-state index contributed by atoms with van der Waals surface area (Å²) < 4.78 is 11.9. The van der Waals surface area contributed by atoms with Gasteiger partial charge in [0.25, 0.3) is 5.91 Å². The molecule has 0 spiro atoms. The Hall–Kier alpha value is -3.61. The van der Waals surface area contributed by atoms with Gasteiger partial charge < -0.3 is 19.9 Å². The number of nitrogens with one attached hydrogen (secondary N) is 1. The minimum absolute atomic E-state index is 0.258. The predicted molar refractivity (Wildman–Crippen MR) is 152 cm³/mol. The Labute approximate surface area is 224 Å². The number of fused-ring (bicyclic) bond motifs is 1. The van der Waals surface area contributed by atoms with Crippen LogP contribution in [0.5, 0.6) is 0 Å². The largest absolute Gasteiger partial charge is 0.460 e. The summed E-state index contributed by atoms with van der Waals surface area (Å²) in [6, 6.07) is 21.2. The molecule has 0 radical (unpaired) electrons. The van der Waals surface area contributed by atoms with Gasteiger partial charge >= 0.3 is 0 Å². The van der Waals surface area contributed by atoms with Gasteiger partial charge in [0.05, 0.1) is 6.54 Å². The minimum Gasteiger partial charge on any atom is -0.460 e. The lowest BCUT2D eigenvalue weighted by atomic mass is 10.00. The summed E-state index contributed by atoms with van der Waals surface area (Å²) in [6.07, 6.45) is 4.55. The molecular weight excluding hydrogens is 474 g/mol. The quantitative estimate of drug-likeness (QED) is 0.250. The molecule has 1 fully saturated rings. The first kappa shape index (κ1) is 26.0. The summed E-state index contributed by atoms with van der Waals surface area (Å²) in [4.78, 5) is 14.5. The molecule has 1 aliphatic heterocycles. The maximum atomic E-state index is 12.0. The monoisotopic (exact) mass is 511 g/mol. The van der Waals surface area contributed by atoms with E-state index in [4.69, 9.17) is 14.6 Å². The number of likely N-dealkylation sites (tertiary alicyclic amines) is 1. The smallest absolute Gasteiger partial charge is 0.284 e. The van der Waals surface area contributed by atoms with Gasteiger partial charge in [-0.05, 0) is 87.5 Å². The molecule has 1 amide bonds. The van der Waals surface area contributed by atoms with Crippen LogP contribution in [0.1, 0.15) is 64.4 Å². The SMILES string of the molecule is C=C(CCCc1c(C(N)=O)oc2ccc(C)cc12)c1ccc(CNC2CCN(Cc3ccccc3)CC2)o1. The van der Waals surface area contributed by atoms with Crippen molar-refractivity contribution in [1.29, 1.82) is 0 Å². The number of nitrogens with two attached hydrogens (primary N) is 1. The van der Waals surface area contributed by atoms with E-state index in [1.54, 1.807) is 0 Å². The van der Waals surface area contributed by atoms with E-state index in [9.17, 15) is 4.79 Å². The summed E-state index contributed by atoms with van der Waals surface area (Å²) >= 11 is 0. The van der Waals surface area contributed by atoms with E-state index < -0.39 is 5.91 Å². The van der Waals surface area contributed by atoms with Crippen LogP contribution >= 0.6 is 0 Å². The Bertz CT molecular complexity index is 1390. The Morgan fingerprint density at radius 2 is 1.87 bits per heavy atom. The molecule has 0 aliphatic carbocycles. The van der Waals surface area contributed by atoms with Crippen molar-refractivity contribution in [2.24, 2.45) is 5.73 Å². The topological polar surface area (TPSA) is 84.6 Å². The molecule has 3 heterocycles. The number of hydrogen-bond acceptors (Lipinski definition) is 5. The molecule has 4 aromatic rings. The van der Waals surface area contributed by atoms with Gasteiger partial charge in [-0.25, -0.2) is 0 Å². The second kappa shape index (κ2) is 11.8. The van der Waals surface area contributed by atoms with Crippen molar-refractivity contribution in [1.82, 2.24) is 10.2 Å². The molecular formula is C32H37N3O3. The third kappa shape index (κ3) is 6.26. The van der Waals surface area contributed by atoms with Crippen molar-refractivity contribution in [3.05, 3.63) is 101 Å². The van der Waals surface area contributed by atoms with E-state index in [-0.39, 0.29) is 5.76 Å². The summed E-state index contributed by atoms with van der Waals surface area (Å²) in [7, 11) is 0. The fraction of sp³-hybridized carbons (Fsp3) is 0.344. The van der Waals surface area contributed by atoms with Crippen LogP contribution in [0.3, 0.4) is 0 Å². The van der Waals surface area contributed by atoms with Crippen molar-refractivity contribution in [3.8, 4) is 0 Å². The van der Waals surface area contributed by atoms with Crippen LogP contribution in [-0.2, 0) is 19.5 Å². The summed E-state index contributed by atoms with van der Waals surface area (Å²) in [5.74, 6) is 1.48. The Morgan fingerprint density at radius 3 is 2.63 bits per heavy atom. The van der Waals surface area contributed by atoms with Gasteiger partial charge in [-0.2, -0.15) is 0 Å². The fourth-order valence-corrected chi connectivity index (χ4v) is 5.36. The number of furan rings is 2. The maximum Gasteiger partial charge on any atom is 0.284 e. The molecule has 2 aromatic heterocycles. The van der Waals surface area contributed by atoms with Crippen LogP contribution in [0.2, 0.25) is 0 Å². The van der Waals surface area contributed by atoms with Gasteiger partial charge in [-0.1, -0.05) is 48.5 Å². The lowest BCUT2D eigenvalue weighted by Gasteiger charge is -2.32. The fourth-order valence-electron chi connectivity index (χ4n) is 5.36. The number of rotatable bonds is 11. The minimum atomic E-state index is -0.530. The van der Waals surface area contributed by atoms with Crippen molar-refractivity contribution < 1.29 is 13.6 Å². The summed E-state index contributed by atoms with van der Waals surface area (Å²) in [6.45, 7) is 10.2. The van der Waals surface area contributed by atoms with Crippen LogP contribution in [0.25, 0.3) is 16.5 Å². The first-order valence-corrected chi connectivity index (χ1v) is 13.5. The van der Waals surface area contributed by atoms with Crippen LogP contribution in [0.4, 0.5) is 0 Å². The van der Waals surface area contributed by atoms with Gasteiger partial charge in [-0.3, -0.25) is 9.69 Å². The highest BCUT2D eigenvalue weighted by Crippen LogP contribution is 2.30. The van der Waals surface area contributed by atoms with Gasteiger partial charge in [0, 0.05) is 23.5 Å². The lowest BCUT2D eigenvalue weighted by molar-refractivity contribution is 0.0974. The number of allylic oxidation sites excluding steroid dienone is 1. The zero-order valence-corrected chi connectivity index (χ0v) is 22.2. The predicted octanol–water partition coefficient (Wildman–Crippen LogP) is 6.22. The average molecular weight is 512 g/mol. The Balaban J connectivity index is 1.08. The maximum absolute atomic E-state index is 12.0. The van der Waals surface area contributed by atoms with Gasteiger partial charge in [0.15, 0.2) is 5.76 Å². The van der Waals surface area contributed by atoms with Crippen molar-refractivity contribution in [3.63, 3.8) is 0 Å². The molecule has 198 valence electrons. The molecule has 6 nitrogen and oxygen atoms in total. The van der Waals surface area contributed by atoms with E-state index in [1.807, 2.05) is 37.3 Å². The standard InChI is InChI=1S/C32H37N3O3/c1-22-11-13-30-28(19-22)27(31(38-30)32(33)36)10-6-7-23(2)29-14-12-26(37-29)20-34-25-15-17-35(18-16-25)21-24-8-4-3-5-9-24/h3-5,8-9,11-14,19,25,34H,2,6-7,10,15-18,20-21H2,1H3,(H2,33,36). The number of aryl methyl sites for hydroxylation is 2. The van der Waals surface area contributed by atoms with Gasteiger partial charge in [0.2, 0.25) is 0 Å². The van der Waals surface area contributed by atoms with Crippen LogP contribution in [0, 0.1) is 6.92 Å². The molecule has 5 rings (SSSR count). The number of nitrogens with zero attached hydrogens (tertiary/aromatic N) is 1.